The number of amides is 2. The molecule has 1 aromatic carbocycles. The molecule has 2 aliphatic rings. The minimum atomic E-state index is -0.858. The van der Waals surface area contributed by atoms with E-state index in [9.17, 15) is 14.4 Å². The maximum Gasteiger partial charge on any atom is 0.308 e. The molecular weight excluding hydrogens is 324 g/mol. The highest BCUT2D eigenvalue weighted by atomic mass is 16.5. The highest BCUT2D eigenvalue weighted by Crippen LogP contribution is 2.33. The Kier molecular flexibility index (Phi) is 4.92. The summed E-state index contributed by atoms with van der Waals surface area (Å²) in [5.74, 6) is -1.01. The number of aliphatic carboxylic acids is 1. The van der Waals surface area contributed by atoms with E-state index >= 15 is 0 Å². The molecule has 0 aliphatic carbocycles. The summed E-state index contributed by atoms with van der Waals surface area (Å²) in [4.78, 5) is 39.2. The summed E-state index contributed by atoms with van der Waals surface area (Å²) in [6, 6.07) is 7.26. The van der Waals surface area contributed by atoms with Crippen LogP contribution in [-0.4, -0.2) is 53.5 Å². The number of carboxylic acid groups (broad SMARTS) is 1. The molecule has 2 aliphatic heterocycles. The van der Waals surface area contributed by atoms with Gasteiger partial charge in [0.1, 0.15) is 5.75 Å². The van der Waals surface area contributed by atoms with Crippen molar-refractivity contribution < 1.29 is 24.2 Å². The van der Waals surface area contributed by atoms with Crippen molar-refractivity contribution in [2.45, 2.75) is 32.3 Å². The molecule has 2 amide bonds. The van der Waals surface area contributed by atoms with Crippen LogP contribution < -0.4 is 9.64 Å². The fraction of sp³-hybridized carbons (Fsp3) is 0.500. The summed E-state index contributed by atoms with van der Waals surface area (Å²) in [5.41, 5.74) is 0.667. The highest BCUT2D eigenvalue weighted by molar-refractivity contribution is 6.00. The number of rotatable bonds is 4. The van der Waals surface area contributed by atoms with E-state index < -0.39 is 18.0 Å². The number of carboxylic acids is 1. The van der Waals surface area contributed by atoms with Crippen molar-refractivity contribution in [1.82, 2.24) is 4.90 Å². The number of para-hydroxylation sites is 2. The van der Waals surface area contributed by atoms with E-state index in [0.29, 0.717) is 30.8 Å². The molecule has 134 valence electrons. The van der Waals surface area contributed by atoms with Crippen LogP contribution in [0.5, 0.6) is 5.75 Å². The lowest BCUT2D eigenvalue weighted by Crippen LogP contribution is -2.47. The number of carbonyl (C=O) groups is 3. The van der Waals surface area contributed by atoms with Gasteiger partial charge in [0.15, 0.2) is 6.10 Å². The summed E-state index contributed by atoms with van der Waals surface area (Å²) < 4.78 is 5.59. The Bertz CT molecular complexity index is 690. The SMILES string of the molecule is C[C@@H]1Oc2ccccc2N(CCC(=O)N2CCC[C@@H](C(=O)O)C2)C1=O. The molecule has 7 nitrogen and oxygen atoms in total. The Hall–Kier alpha value is -2.57. The molecule has 3 rings (SSSR count). The van der Waals surface area contributed by atoms with Gasteiger partial charge >= 0.3 is 5.97 Å². The third kappa shape index (κ3) is 3.60. The lowest BCUT2D eigenvalue weighted by Gasteiger charge is -2.34. The van der Waals surface area contributed by atoms with Crippen LogP contribution in [0.3, 0.4) is 0 Å². The zero-order valence-electron chi connectivity index (χ0n) is 14.2. The topological polar surface area (TPSA) is 87.2 Å². The van der Waals surface area contributed by atoms with Gasteiger partial charge in [0.25, 0.3) is 5.91 Å². The fourth-order valence-electron chi connectivity index (χ4n) is 3.36. The standard InChI is InChI=1S/C18H22N2O5/c1-12-17(22)20(14-6-2-3-7-15(14)25-12)10-8-16(21)19-9-4-5-13(11-19)18(23)24/h2-3,6-7,12-13H,4-5,8-11H2,1H3,(H,23,24)/t12-,13+/m0/s1. The van der Waals surface area contributed by atoms with E-state index in [1.165, 1.54) is 0 Å². The first-order chi connectivity index (χ1) is 12.0. The summed E-state index contributed by atoms with van der Waals surface area (Å²) in [7, 11) is 0. The maximum atomic E-state index is 12.5. The number of nitrogens with zero attached hydrogens (tertiary/aromatic N) is 2. The van der Waals surface area contributed by atoms with Crippen molar-refractivity contribution in [2.75, 3.05) is 24.5 Å². The molecule has 2 heterocycles. The molecule has 0 saturated carbocycles. The quantitative estimate of drug-likeness (QED) is 0.893. The van der Waals surface area contributed by atoms with Crippen LogP contribution in [0.15, 0.2) is 24.3 Å². The van der Waals surface area contributed by atoms with Gasteiger partial charge in [-0.25, -0.2) is 0 Å². The van der Waals surface area contributed by atoms with Crippen molar-refractivity contribution in [3.63, 3.8) is 0 Å². The Balaban J connectivity index is 1.65. The summed E-state index contributed by atoms with van der Waals surface area (Å²) >= 11 is 0. The second-order valence-electron chi connectivity index (χ2n) is 6.48. The third-order valence-electron chi connectivity index (χ3n) is 4.75. The first kappa shape index (κ1) is 17.3. The minimum Gasteiger partial charge on any atom is -0.481 e. The maximum absolute atomic E-state index is 12.5. The average Bonchev–Trinajstić information content (AvgIpc) is 2.62. The molecule has 0 bridgehead atoms. The van der Waals surface area contributed by atoms with Crippen molar-refractivity contribution in [3.8, 4) is 5.75 Å². The molecule has 0 aromatic heterocycles. The second kappa shape index (κ2) is 7.13. The van der Waals surface area contributed by atoms with Gasteiger partial charge in [-0.1, -0.05) is 12.1 Å². The highest BCUT2D eigenvalue weighted by Gasteiger charge is 2.33. The van der Waals surface area contributed by atoms with Gasteiger partial charge in [-0.2, -0.15) is 0 Å². The lowest BCUT2D eigenvalue weighted by atomic mass is 9.98. The van der Waals surface area contributed by atoms with Gasteiger partial charge in [0, 0.05) is 26.1 Å². The van der Waals surface area contributed by atoms with Crippen LogP contribution in [0.4, 0.5) is 5.69 Å². The first-order valence-electron chi connectivity index (χ1n) is 8.55. The van der Waals surface area contributed by atoms with E-state index in [1.807, 2.05) is 12.1 Å². The summed E-state index contributed by atoms with van der Waals surface area (Å²) in [5, 5.41) is 9.14. The van der Waals surface area contributed by atoms with Gasteiger partial charge in [0.05, 0.1) is 11.6 Å². The number of benzene rings is 1. The first-order valence-corrected chi connectivity index (χ1v) is 8.55. The molecular formula is C18H22N2O5. The van der Waals surface area contributed by atoms with Gasteiger partial charge in [-0.05, 0) is 31.9 Å². The van der Waals surface area contributed by atoms with Crippen LogP contribution in [0.1, 0.15) is 26.2 Å². The summed E-state index contributed by atoms with van der Waals surface area (Å²) in [6.45, 7) is 2.77. The zero-order valence-corrected chi connectivity index (χ0v) is 14.2. The Morgan fingerprint density at radius 2 is 2.08 bits per heavy atom. The molecule has 1 saturated heterocycles. The minimum absolute atomic E-state index is 0.115. The van der Waals surface area contributed by atoms with Crippen molar-refractivity contribution in [3.05, 3.63) is 24.3 Å². The number of anilines is 1. The van der Waals surface area contributed by atoms with Crippen LogP contribution in [-0.2, 0) is 14.4 Å². The number of fused-ring (bicyclic) bond motifs is 1. The normalized spacial score (nSPS) is 23.0. The monoisotopic (exact) mass is 346 g/mol. The van der Waals surface area contributed by atoms with Crippen LogP contribution in [0, 0.1) is 5.92 Å². The van der Waals surface area contributed by atoms with Crippen LogP contribution in [0.2, 0.25) is 0 Å². The van der Waals surface area contributed by atoms with Crippen molar-refractivity contribution >= 4 is 23.5 Å². The largest absolute Gasteiger partial charge is 0.481 e. The molecule has 25 heavy (non-hydrogen) atoms. The average molecular weight is 346 g/mol. The number of piperidine rings is 1. The van der Waals surface area contributed by atoms with E-state index in [4.69, 9.17) is 9.84 Å². The zero-order chi connectivity index (χ0) is 18.0. The molecule has 0 radical (unpaired) electrons. The molecule has 0 spiro atoms. The fourth-order valence-corrected chi connectivity index (χ4v) is 3.36. The molecule has 7 heteroatoms. The summed E-state index contributed by atoms with van der Waals surface area (Å²) in [6.07, 6.45) is 0.876. The Morgan fingerprint density at radius 3 is 2.84 bits per heavy atom. The predicted octanol–water partition coefficient (Wildman–Crippen LogP) is 1.51. The lowest BCUT2D eigenvalue weighted by molar-refractivity contribution is -0.145. The molecule has 1 aromatic rings. The van der Waals surface area contributed by atoms with E-state index in [0.717, 1.165) is 0 Å². The van der Waals surface area contributed by atoms with Crippen LogP contribution >= 0.6 is 0 Å². The molecule has 1 N–H and O–H groups in total. The molecule has 2 atom stereocenters. The number of likely N-dealkylation sites (tertiary alicyclic amines) is 1. The second-order valence-corrected chi connectivity index (χ2v) is 6.48. The van der Waals surface area contributed by atoms with Crippen molar-refractivity contribution in [1.29, 1.82) is 0 Å². The third-order valence-corrected chi connectivity index (χ3v) is 4.75. The smallest absolute Gasteiger partial charge is 0.308 e. The van der Waals surface area contributed by atoms with Crippen LogP contribution in [0.25, 0.3) is 0 Å². The Labute approximate surface area is 146 Å². The molecule has 0 unspecified atom stereocenters. The number of hydrogen-bond donors (Lipinski definition) is 1. The van der Waals surface area contributed by atoms with E-state index in [-0.39, 0.29) is 31.3 Å². The van der Waals surface area contributed by atoms with Gasteiger partial charge in [-0.3, -0.25) is 14.4 Å². The van der Waals surface area contributed by atoms with Crippen molar-refractivity contribution in [2.24, 2.45) is 5.92 Å². The number of carbonyl (C=O) groups excluding carboxylic acids is 2. The van der Waals surface area contributed by atoms with E-state index in [1.54, 1.807) is 28.9 Å². The Morgan fingerprint density at radius 1 is 1.32 bits per heavy atom. The number of hydrogen-bond acceptors (Lipinski definition) is 4. The van der Waals surface area contributed by atoms with Gasteiger partial charge in [0.2, 0.25) is 5.91 Å². The van der Waals surface area contributed by atoms with E-state index in [2.05, 4.69) is 0 Å². The van der Waals surface area contributed by atoms with Gasteiger partial charge in [-0.15, -0.1) is 0 Å². The molecule has 1 fully saturated rings. The number of ether oxygens (including phenoxy) is 1. The predicted molar refractivity (Wildman–Crippen MR) is 90.4 cm³/mol. The van der Waals surface area contributed by atoms with Gasteiger partial charge < -0.3 is 19.6 Å².